The summed E-state index contributed by atoms with van der Waals surface area (Å²) in [6.07, 6.45) is 1.94. The van der Waals surface area contributed by atoms with Crippen LogP contribution in [-0.2, 0) is 0 Å². The molecule has 0 N–H and O–H groups in total. The molecule has 2 aromatic heterocycles. The third-order valence-corrected chi connectivity index (χ3v) is 4.71. The van der Waals surface area contributed by atoms with E-state index in [1.54, 1.807) is 30.6 Å². The van der Waals surface area contributed by atoms with Gasteiger partial charge in [-0.1, -0.05) is 11.3 Å². The van der Waals surface area contributed by atoms with Crippen molar-refractivity contribution in [1.29, 1.82) is 0 Å². The van der Waals surface area contributed by atoms with Crippen LogP contribution in [0.5, 0.6) is 5.75 Å². The Hall–Kier alpha value is -2.93. The third kappa shape index (κ3) is 2.22. The summed E-state index contributed by atoms with van der Waals surface area (Å²) >= 11 is 1.59. The number of nitro groups is 1. The number of methoxy groups -OCH3 is 1. The summed E-state index contributed by atoms with van der Waals surface area (Å²) in [5.74, 6) is 0.794. The number of thiazole rings is 1. The van der Waals surface area contributed by atoms with Crippen LogP contribution in [0.25, 0.3) is 26.4 Å². The number of nitrogens with zero attached hydrogens (tertiary/aromatic N) is 3. The normalized spacial score (nSPS) is 11.2. The molecule has 114 valence electrons. The van der Waals surface area contributed by atoms with Gasteiger partial charge in [0.2, 0.25) is 0 Å². The lowest BCUT2D eigenvalue weighted by Gasteiger charge is -1.99. The summed E-state index contributed by atoms with van der Waals surface area (Å²) in [6.45, 7) is 0. The predicted molar refractivity (Wildman–Crippen MR) is 89.2 cm³/mol. The Bertz CT molecular complexity index is 1030. The van der Waals surface area contributed by atoms with Gasteiger partial charge >= 0.3 is 0 Å². The van der Waals surface area contributed by atoms with Crippen molar-refractivity contribution in [2.75, 3.05) is 7.11 Å². The van der Waals surface area contributed by atoms with Crippen LogP contribution >= 0.6 is 11.3 Å². The van der Waals surface area contributed by atoms with Crippen LogP contribution in [0.3, 0.4) is 0 Å². The molecule has 6 nitrogen and oxygen atoms in total. The molecule has 0 aliphatic carbocycles. The Labute approximate surface area is 134 Å². The lowest BCUT2D eigenvalue weighted by molar-refractivity contribution is -0.384. The minimum atomic E-state index is -0.407. The van der Waals surface area contributed by atoms with Crippen LogP contribution in [-0.4, -0.2) is 21.4 Å². The van der Waals surface area contributed by atoms with Crippen molar-refractivity contribution in [2.45, 2.75) is 0 Å². The second-order valence-electron chi connectivity index (χ2n) is 5.02. The van der Waals surface area contributed by atoms with Crippen molar-refractivity contribution in [3.63, 3.8) is 0 Å². The molecule has 2 aromatic carbocycles. The molecule has 0 bridgehead atoms. The fourth-order valence-electron chi connectivity index (χ4n) is 2.50. The summed E-state index contributed by atoms with van der Waals surface area (Å²) < 4.78 is 8.42. The first-order valence-corrected chi connectivity index (χ1v) is 7.68. The summed E-state index contributed by atoms with van der Waals surface area (Å²) in [7, 11) is 1.64. The van der Waals surface area contributed by atoms with E-state index in [-0.39, 0.29) is 5.69 Å². The predicted octanol–water partition coefficient (Wildman–Crippen LogP) is 4.13. The number of ether oxygens (including phenoxy) is 1. The smallest absolute Gasteiger partial charge is 0.269 e. The standard InChI is InChI=1S/C16H11N3O3S/c1-22-12-6-7-15-14(8-12)18-9-13(17-16(18)23-15)10-2-4-11(5-3-10)19(20)21/h2-9H,1H3. The zero-order valence-corrected chi connectivity index (χ0v) is 12.9. The first-order valence-electron chi connectivity index (χ1n) is 6.86. The fourth-order valence-corrected chi connectivity index (χ4v) is 3.49. The zero-order valence-electron chi connectivity index (χ0n) is 12.1. The van der Waals surface area contributed by atoms with E-state index in [1.807, 2.05) is 28.8 Å². The van der Waals surface area contributed by atoms with E-state index in [0.717, 1.165) is 32.2 Å². The topological polar surface area (TPSA) is 69.7 Å². The molecule has 2 heterocycles. The van der Waals surface area contributed by atoms with E-state index in [0.29, 0.717) is 0 Å². The summed E-state index contributed by atoms with van der Waals surface area (Å²) in [6, 6.07) is 12.3. The molecule has 4 rings (SSSR count). The van der Waals surface area contributed by atoms with Crippen LogP contribution in [0.4, 0.5) is 5.69 Å². The van der Waals surface area contributed by atoms with E-state index in [2.05, 4.69) is 4.98 Å². The van der Waals surface area contributed by atoms with Gasteiger partial charge in [-0.15, -0.1) is 0 Å². The maximum atomic E-state index is 10.7. The number of aromatic nitrogens is 2. The SMILES string of the molecule is COc1ccc2sc3nc(-c4ccc([N+](=O)[O-])cc4)cn3c2c1. The quantitative estimate of drug-likeness (QED) is 0.419. The maximum Gasteiger partial charge on any atom is 0.269 e. The maximum absolute atomic E-state index is 10.7. The first kappa shape index (κ1) is 13.7. The number of imidazole rings is 1. The number of hydrogen-bond acceptors (Lipinski definition) is 5. The highest BCUT2D eigenvalue weighted by atomic mass is 32.1. The van der Waals surface area contributed by atoms with Crippen LogP contribution in [0.15, 0.2) is 48.7 Å². The second kappa shape index (κ2) is 5.06. The Morgan fingerprint density at radius 3 is 2.70 bits per heavy atom. The highest BCUT2D eigenvalue weighted by Gasteiger charge is 2.12. The lowest BCUT2D eigenvalue weighted by Crippen LogP contribution is -1.87. The monoisotopic (exact) mass is 325 g/mol. The fraction of sp³-hybridized carbons (Fsp3) is 0.0625. The van der Waals surface area contributed by atoms with Gasteiger partial charge in [-0.05, 0) is 24.3 Å². The van der Waals surface area contributed by atoms with Crippen molar-refractivity contribution < 1.29 is 9.66 Å². The van der Waals surface area contributed by atoms with Gasteiger partial charge in [-0.3, -0.25) is 14.5 Å². The van der Waals surface area contributed by atoms with E-state index in [9.17, 15) is 10.1 Å². The average Bonchev–Trinajstić information content (AvgIpc) is 3.12. The van der Waals surface area contributed by atoms with Crippen molar-refractivity contribution >= 4 is 32.2 Å². The van der Waals surface area contributed by atoms with E-state index >= 15 is 0 Å². The van der Waals surface area contributed by atoms with Crippen molar-refractivity contribution in [1.82, 2.24) is 9.38 Å². The van der Waals surface area contributed by atoms with Gasteiger partial charge in [0.1, 0.15) is 5.75 Å². The van der Waals surface area contributed by atoms with Gasteiger partial charge in [0.25, 0.3) is 5.69 Å². The largest absolute Gasteiger partial charge is 0.497 e. The number of rotatable bonds is 3. The Kier molecular flexibility index (Phi) is 3.02. The van der Waals surface area contributed by atoms with Gasteiger partial charge in [0.05, 0.1) is 27.9 Å². The second-order valence-corrected chi connectivity index (χ2v) is 6.03. The highest BCUT2D eigenvalue weighted by Crippen LogP contribution is 2.31. The van der Waals surface area contributed by atoms with Gasteiger partial charge in [-0.25, -0.2) is 4.98 Å². The van der Waals surface area contributed by atoms with Crippen molar-refractivity contribution in [2.24, 2.45) is 0 Å². The van der Waals surface area contributed by atoms with Crippen LogP contribution in [0.1, 0.15) is 0 Å². The molecule has 23 heavy (non-hydrogen) atoms. The molecule has 4 aromatic rings. The zero-order chi connectivity index (χ0) is 16.0. The third-order valence-electron chi connectivity index (χ3n) is 3.67. The molecular weight excluding hydrogens is 314 g/mol. The van der Waals surface area contributed by atoms with E-state index in [4.69, 9.17) is 4.74 Å². The molecule has 0 amide bonds. The average molecular weight is 325 g/mol. The molecule has 7 heteroatoms. The first-order chi connectivity index (χ1) is 11.2. The summed E-state index contributed by atoms with van der Waals surface area (Å²) in [4.78, 5) is 15.8. The van der Waals surface area contributed by atoms with Gasteiger partial charge in [-0.2, -0.15) is 0 Å². The molecule has 0 atom stereocenters. The molecule has 0 radical (unpaired) electrons. The Morgan fingerprint density at radius 1 is 1.22 bits per heavy atom. The van der Waals surface area contributed by atoms with E-state index in [1.165, 1.54) is 12.1 Å². The molecular formula is C16H11N3O3S. The number of non-ortho nitro benzene ring substituents is 1. The summed E-state index contributed by atoms with van der Waals surface area (Å²) in [5.41, 5.74) is 2.74. The van der Waals surface area contributed by atoms with Gasteiger partial charge in [0.15, 0.2) is 4.96 Å². The lowest BCUT2D eigenvalue weighted by atomic mass is 10.1. The van der Waals surface area contributed by atoms with Crippen molar-refractivity contribution in [3.05, 3.63) is 58.8 Å². The van der Waals surface area contributed by atoms with Crippen molar-refractivity contribution in [3.8, 4) is 17.0 Å². The molecule has 0 saturated heterocycles. The molecule has 0 aliphatic rings. The number of nitro benzene ring substituents is 1. The molecule has 0 fully saturated rings. The number of hydrogen-bond donors (Lipinski definition) is 0. The minimum absolute atomic E-state index is 0.0740. The van der Waals surface area contributed by atoms with Gasteiger partial charge in [0, 0.05) is 30.0 Å². The van der Waals surface area contributed by atoms with Crippen LogP contribution < -0.4 is 4.74 Å². The van der Waals surface area contributed by atoms with Crippen LogP contribution in [0.2, 0.25) is 0 Å². The molecule has 0 unspecified atom stereocenters. The minimum Gasteiger partial charge on any atom is -0.497 e. The number of fused-ring (bicyclic) bond motifs is 3. The molecule has 0 spiro atoms. The van der Waals surface area contributed by atoms with Gasteiger partial charge < -0.3 is 4.74 Å². The number of benzene rings is 2. The highest BCUT2D eigenvalue weighted by molar-refractivity contribution is 7.23. The molecule has 0 aliphatic heterocycles. The summed E-state index contributed by atoms with van der Waals surface area (Å²) in [5, 5.41) is 10.7. The van der Waals surface area contributed by atoms with Crippen LogP contribution in [0, 0.1) is 10.1 Å². The molecule has 0 saturated carbocycles. The Balaban J connectivity index is 1.83. The Morgan fingerprint density at radius 2 is 2.00 bits per heavy atom. The van der Waals surface area contributed by atoms with E-state index < -0.39 is 4.92 Å².